The van der Waals surface area contributed by atoms with E-state index >= 15 is 0 Å². The van der Waals surface area contributed by atoms with Gasteiger partial charge in [0.15, 0.2) is 0 Å². The van der Waals surface area contributed by atoms with E-state index in [1.54, 1.807) is 24.3 Å². The summed E-state index contributed by atoms with van der Waals surface area (Å²) in [6.45, 7) is 0. The first-order chi connectivity index (χ1) is 5.24. The lowest BCUT2D eigenvalue weighted by atomic mass is 10.1. The molecule has 0 heterocycles. The normalized spacial score (nSPS) is 12.1. The van der Waals surface area contributed by atoms with Crippen LogP contribution in [-0.2, 0) is 0 Å². The van der Waals surface area contributed by atoms with Crippen LogP contribution in [0.4, 0.5) is 0 Å². The lowest BCUT2D eigenvalue weighted by Gasteiger charge is -2.01. The Bertz CT molecular complexity index is 290. The minimum Gasteiger partial charge on any atom is -0.312 e. The van der Waals surface area contributed by atoms with Crippen LogP contribution in [0, 0.1) is 11.3 Å². The fraction of sp³-hybridized carbons (Fsp3) is 0.125. The van der Waals surface area contributed by atoms with Crippen LogP contribution >= 0.6 is 11.6 Å². The predicted molar refractivity (Wildman–Crippen MR) is 44.0 cm³/mol. The molecule has 3 heteroatoms. The number of hydrogen-bond acceptors (Lipinski definition) is 2. The number of benzene rings is 1. The van der Waals surface area contributed by atoms with E-state index in [1.807, 2.05) is 6.07 Å². The summed E-state index contributed by atoms with van der Waals surface area (Å²) in [6, 6.07) is 8.34. The topological polar surface area (TPSA) is 49.8 Å². The Morgan fingerprint density at radius 3 is 2.82 bits per heavy atom. The van der Waals surface area contributed by atoms with Crippen molar-refractivity contribution in [1.82, 2.24) is 0 Å². The van der Waals surface area contributed by atoms with Crippen molar-refractivity contribution in [3.05, 3.63) is 34.9 Å². The molecule has 0 bridgehead atoms. The average Bonchev–Trinajstić information content (AvgIpc) is 2.03. The molecule has 1 unspecified atom stereocenters. The molecule has 0 fully saturated rings. The van der Waals surface area contributed by atoms with Crippen LogP contribution in [0.25, 0.3) is 0 Å². The molecule has 1 aromatic carbocycles. The first-order valence-electron chi connectivity index (χ1n) is 3.14. The van der Waals surface area contributed by atoms with E-state index in [0.717, 1.165) is 5.56 Å². The van der Waals surface area contributed by atoms with E-state index in [9.17, 15) is 0 Å². The van der Waals surface area contributed by atoms with Gasteiger partial charge in [0.25, 0.3) is 0 Å². The van der Waals surface area contributed by atoms with Gasteiger partial charge < -0.3 is 5.73 Å². The zero-order valence-corrected chi connectivity index (χ0v) is 6.55. The standard InChI is InChI=1S/C8H7ClN2/c9-7-3-1-2-6(4-7)8(11)5-10/h1-4,8H,11H2. The third-order valence-electron chi connectivity index (χ3n) is 1.35. The lowest BCUT2D eigenvalue weighted by molar-refractivity contribution is 0.926. The lowest BCUT2D eigenvalue weighted by Crippen LogP contribution is -2.06. The SMILES string of the molecule is N#CC(N)c1cccc(Cl)c1. The van der Waals surface area contributed by atoms with Gasteiger partial charge in [-0.2, -0.15) is 5.26 Å². The molecule has 56 valence electrons. The van der Waals surface area contributed by atoms with E-state index < -0.39 is 6.04 Å². The van der Waals surface area contributed by atoms with Gasteiger partial charge in [-0.1, -0.05) is 23.7 Å². The molecule has 0 aliphatic heterocycles. The fourth-order valence-corrected chi connectivity index (χ4v) is 0.973. The Hall–Kier alpha value is -1.04. The molecule has 0 saturated carbocycles. The Balaban J connectivity index is 2.98. The van der Waals surface area contributed by atoms with Crippen molar-refractivity contribution in [3.63, 3.8) is 0 Å². The molecule has 11 heavy (non-hydrogen) atoms. The molecule has 0 aliphatic carbocycles. The molecule has 0 amide bonds. The average molecular weight is 167 g/mol. The number of hydrogen-bond donors (Lipinski definition) is 1. The molecule has 0 saturated heterocycles. The van der Waals surface area contributed by atoms with Crippen LogP contribution in [-0.4, -0.2) is 0 Å². The summed E-state index contributed by atoms with van der Waals surface area (Å²) >= 11 is 5.68. The highest BCUT2D eigenvalue weighted by Gasteiger charge is 2.02. The molecule has 2 nitrogen and oxygen atoms in total. The maximum atomic E-state index is 8.46. The minimum atomic E-state index is -0.575. The third kappa shape index (κ3) is 1.94. The van der Waals surface area contributed by atoms with Crippen LogP contribution in [0.2, 0.25) is 5.02 Å². The summed E-state index contributed by atoms with van der Waals surface area (Å²) in [6.07, 6.45) is 0. The van der Waals surface area contributed by atoms with Crippen LogP contribution in [0.3, 0.4) is 0 Å². The largest absolute Gasteiger partial charge is 0.312 e. The van der Waals surface area contributed by atoms with Crippen molar-refractivity contribution in [1.29, 1.82) is 5.26 Å². The van der Waals surface area contributed by atoms with Crippen molar-refractivity contribution in [2.75, 3.05) is 0 Å². The maximum Gasteiger partial charge on any atom is 0.118 e. The summed E-state index contributed by atoms with van der Waals surface area (Å²) in [4.78, 5) is 0. The van der Waals surface area contributed by atoms with Gasteiger partial charge in [0, 0.05) is 5.02 Å². The highest BCUT2D eigenvalue weighted by Crippen LogP contribution is 2.14. The second-order valence-electron chi connectivity index (χ2n) is 2.16. The van der Waals surface area contributed by atoms with Gasteiger partial charge >= 0.3 is 0 Å². The van der Waals surface area contributed by atoms with Crippen molar-refractivity contribution in [2.24, 2.45) is 5.73 Å². The Kier molecular flexibility index (Phi) is 2.48. The molecule has 1 aromatic rings. The van der Waals surface area contributed by atoms with Crippen LogP contribution < -0.4 is 5.73 Å². The zero-order chi connectivity index (χ0) is 8.27. The predicted octanol–water partition coefficient (Wildman–Crippen LogP) is 1.86. The van der Waals surface area contributed by atoms with Crippen molar-refractivity contribution < 1.29 is 0 Å². The first kappa shape index (κ1) is 8.06. The fourth-order valence-electron chi connectivity index (χ4n) is 0.775. The van der Waals surface area contributed by atoms with Crippen LogP contribution in [0.15, 0.2) is 24.3 Å². The van der Waals surface area contributed by atoms with Gasteiger partial charge in [-0.15, -0.1) is 0 Å². The molecular formula is C8H7ClN2. The van der Waals surface area contributed by atoms with Gasteiger partial charge in [0.1, 0.15) is 6.04 Å². The molecule has 1 atom stereocenters. The summed E-state index contributed by atoms with van der Waals surface area (Å²) < 4.78 is 0. The molecule has 0 aliphatic rings. The zero-order valence-electron chi connectivity index (χ0n) is 5.79. The van der Waals surface area contributed by atoms with Gasteiger partial charge in [0.05, 0.1) is 6.07 Å². The highest BCUT2D eigenvalue weighted by atomic mass is 35.5. The highest BCUT2D eigenvalue weighted by molar-refractivity contribution is 6.30. The number of rotatable bonds is 1. The summed E-state index contributed by atoms with van der Waals surface area (Å²) in [5, 5.41) is 9.07. The third-order valence-corrected chi connectivity index (χ3v) is 1.58. The molecule has 0 spiro atoms. The number of nitriles is 1. The van der Waals surface area contributed by atoms with E-state index in [0.29, 0.717) is 5.02 Å². The van der Waals surface area contributed by atoms with Gasteiger partial charge in [0.2, 0.25) is 0 Å². The minimum absolute atomic E-state index is 0.575. The summed E-state index contributed by atoms with van der Waals surface area (Å²) in [7, 11) is 0. The number of halogens is 1. The van der Waals surface area contributed by atoms with E-state index in [-0.39, 0.29) is 0 Å². The maximum absolute atomic E-state index is 8.46. The van der Waals surface area contributed by atoms with Crippen molar-refractivity contribution in [2.45, 2.75) is 6.04 Å². The second-order valence-corrected chi connectivity index (χ2v) is 2.60. The van der Waals surface area contributed by atoms with Crippen LogP contribution in [0.1, 0.15) is 11.6 Å². The second kappa shape index (κ2) is 3.38. The Labute approximate surface area is 70.2 Å². The van der Waals surface area contributed by atoms with E-state index in [2.05, 4.69) is 0 Å². The molecule has 1 rings (SSSR count). The van der Waals surface area contributed by atoms with Gasteiger partial charge in [-0.3, -0.25) is 0 Å². The quantitative estimate of drug-likeness (QED) is 0.693. The van der Waals surface area contributed by atoms with Crippen molar-refractivity contribution >= 4 is 11.6 Å². The van der Waals surface area contributed by atoms with Crippen molar-refractivity contribution in [3.8, 4) is 6.07 Å². The van der Waals surface area contributed by atoms with E-state index in [1.165, 1.54) is 0 Å². The van der Waals surface area contributed by atoms with E-state index in [4.69, 9.17) is 22.6 Å². The molecule has 0 radical (unpaired) electrons. The Morgan fingerprint density at radius 1 is 1.55 bits per heavy atom. The Morgan fingerprint density at radius 2 is 2.27 bits per heavy atom. The van der Waals surface area contributed by atoms with Gasteiger partial charge in [-0.25, -0.2) is 0 Å². The first-order valence-corrected chi connectivity index (χ1v) is 3.52. The van der Waals surface area contributed by atoms with Crippen LogP contribution in [0.5, 0.6) is 0 Å². The molecule has 2 N–H and O–H groups in total. The molecule has 0 aromatic heterocycles. The smallest absolute Gasteiger partial charge is 0.118 e. The number of nitrogens with zero attached hydrogens (tertiary/aromatic N) is 1. The monoisotopic (exact) mass is 166 g/mol. The number of nitrogens with two attached hydrogens (primary N) is 1. The summed E-state index contributed by atoms with van der Waals surface area (Å²) in [5.41, 5.74) is 6.19. The molecular weight excluding hydrogens is 160 g/mol. The summed E-state index contributed by atoms with van der Waals surface area (Å²) in [5.74, 6) is 0. The van der Waals surface area contributed by atoms with Gasteiger partial charge in [-0.05, 0) is 17.7 Å².